The smallest absolute Gasteiger partial charge is 0.160 e. The maximum absolute atomic E-state index is 6.05. The fourth-order valence-corrected chi connectivity index (χ4v) is 3.33. The minimum atomic E-state index is 0. The molecule has 0 fully saturated rings. The van der Waals surface area contributed by atoms with Crippen molar-refractivity contribution in [3.63, 3.8) is 0 Å². The first-order valence-electron chi connectivity index (χ1n) is 8.56. The zero-order valence-corrected chi connectivity index (χ0v) is 18.0. The molecule has 0 amide bonds. The molecule has 1 heterocycles. The SMILES string of the molecule is COc1ccc(CCNCc2ccc(-c3cc(Cl)cc(Cl)c3)o2)cc1OC.Cl. The van der Waals surface area contributed by atoms with Gasteiger partial charge in [-0.25, -0.2) is 0 Å². The number of hydrogen-bond acceptors (Lipinski definition) is 4. The Kier molecular flexibility index (Phi) is 8.52. The van der Waals surface area contributed by atoms with E-state index in [1.54, 1.807) is 20.3 Å². The molecule has 0 saturated heterocycles. The second-order valence-electron chi connectivity index (χ2n) is 6.04. The van der Waals surface area contributed by atoms with Gasteiger partial charge in [-0.05, 0) is 61.0 Å². The van der Waals surface area contributed by atoms with Crippen molar-refractivity contribution in [2.75, 3.05) is 20.8 Å². The van der Waals surface area contributed by atoms with Crippen LogP contribution in [0.3, 0.4) is 0 Å². The second-order valence-corrected chi connectivity index (χ2v) is 6.91. The predicted octanol–water partition coefficient (Wildman–Crippen LogP) is 6.02. The summed E-state index contributed by atoms with van der Waals surface area (Å²) in [5.74, 6) is 3.08. The second kappa shape index (κ2) is 10.6. The van der Waals surface area contributed by atoms with Crippen molar-refractivity contribution in [2.45, 2.75) is 13.0 Å². The van der Waals surface area contributed by atoms with Crippen LogP contribution in [-0.4, -0.2) is 20.8 Å². The highest BCUT2D eigenvalue weighted by Crippen LogP contribution is 2.29. The van der Waals surface area contributed by atoms with Crippen molar-refractivity contribution in [1.82, 2.24) is 5.32 Å². The molecule has 0 aliphatic heterocycles. The topological polar surface area (TPSA) is 43.6 Å². The Morgan fingerprint density at radius 2 is 1.61 bits per heavy atom. The van der Waals surface area contributed by atoms with Gasteiger partial charge in [-0.1, -0.05) is 29.3 Å². The van der Waals surface area contributed by atoms with Gasteiger partial charge in [0, 0.05) is 15.6 Å². The number of nitrogens with one attached hydrogen (secondary N) is 1. The summed E-state index contributed by atoms with van der Waals surface area (Å²) in [5, 5.41) is 4.56. The first-order chi connectivity index (χ1) is 13.1. The lowest BCUT2D eigenvalue weighted by Crippen LogP contribution is -2.16. The number of rotatable bonds is 8. The zero-order valence-electron chi connectivity index (χ0n) is 15.6. The van der Waals surface area contributed by atoms with Crippen LogP contribution in [-0.2, 0) is 13.0 Å². The van der Waals surface area contributed by atoms with Crippen molar-refractivity contribution >= 4 is 35.6 Å². The van der Waals surface area contributed by atoms with Crippen LogP contribution < -0.4 is 14.8 Å². The summed E-state index contributed by atoms with van der Waals surface area (Å²) in [5.41, 5.74) is 2.04. The molecule has 28 heavy (non-hydrogen) atoms. The van der Waals surface area contributed by atoms with Crippen molar-refractivity contribution in [1.29, 1.82) is 0 Å². The minimum Gasteiger partial charge on any atom is -0.493 e. The molecule has 0 spiro atoms. The third kappa shape index (κ3) is 5.82. The molecule has 2 aromatic carbocycles. The van der Waals surface area contributed by atoms with Gasteiger partial charge in [0.05, 0.1) is 20.8 Å². The highest BCUT2D eigenvalue weighted by atomic mass is 35.5. The average Bonchev–Trinajstić information content (AvgIpc) is 3.13. The van der Waals surface area contributed by atoms with E-state index < -0.39 is 0 Å². The van der Waals surface area contributed by atoms with Crippen LogP contribution in [0.2, 0.25) is 10.0 Å². The van der Waals surface area contributed by atoms with Crippen LogP contribution in [0.4, 0.5) is 0 Å². The van der Waals surface area contributed by atoms with Gasteiger partial charge >= 0.3 is 0 Å². The van der Waals surface area contributed by atoms with E-state index in [2.05, 4.69) is 5.32 Å². The number of furan rings is 1. The standard InChI is InChI=1S/C21H21Cl2NO3.ClH/c1-25-20-5-3-14(9-21(20)26-2)7-8-24-13-18-4-6-19(27-18)15-10-16(22)12-17(23)11-15;/h3-6,9-12,24H,7-8,13H2,1-2H3;1H. The molecular weight excluding hydrogens is 421 g/mol. The van der Waals surface area contributed by atoms with E-state index in [0.717, 1.165) is 41.5 Å². The van der Waals surface area contributed by atoms with E-state index in [-0.39, 0.29) is 12.4 Å². The van der Waals surface area contributed by atoms with Gasteiger partial charge in [-0.2, -0.15) is 0 Å². The molecule has 0 atom stereocenters. The fraction of sp³-hybridized carbons (Fsp3) is 0.238. The monoisotopic (exact) mass is 441 g/mol. The molecule has 3 rings (SSSR count). The van der Waals surface area contributed by atoms with E-state index in [9.17, 15) is 0 Å². The Balaban J connectivity index is 0.00000280. The van der Waals surface area contributed by atoms with E-state index >= 15 is 0 Å². The Morgan fingerprint density at radius 3 is 2.29 bits per heavy atom. The zero-order chi connectivity index (χ0) is 19.2. The third-order valence-corrected chi connectivity index (χ3v) is 4.58. The number of halogens is 3. The van der Waals surface area contributed by atoms with Crippen LogP contribution in [0.15, 0.2) is 52.9 Å². The van der Waals surface area contributed by atoms with Crippen molar-refractivity contribution in [3.05, 3.63) is 69.9 Å². The average molecular weight is 443 g/mol. The van der Waals surface area contributed by atoms with Crippen LogP contribution in [0.25, 0.3) is 11.3 Å². The maximum Gasteiger partial charge on any atom is 0.160 e. The molecule has 0 unspecified atom stereocenters. The summed E-state index contributed by atoms with van der Waals surface area (Å²) >= 11 is 12.1. The summed E-state index contributed by atoms with van der Waals surface area (Å²) in [6, 6.07) is 15.2. The third-order valence-electron chi connectivity index (χ3n) is 4.15. The number of hydrogen-bond donors (Lipinski definition) is 1. The normalized spacial score (nSPS) is 10.4. The molecule has 4 nitrogen and oxygen atoms in total. The first kappa shape index (κ1) is 22.4. The van der Waals surface area contributed by atoms with Crippen molar-refractivity contribution in [2.24, 2.45) is 0 Å². The molecular formula is C21H22Cl3NO3. The minimum absolute atomic E-state index is 0. The number of methoxy groups -OCH3 is 2. The number of ether oxygens (including phenoxy) is 2. The van der Waals surface area contributed by atoms with Gasteiger partial charge in [-0.3, -0.25) is 0 Å². The molecule has 7 heteroatoms. The lowest BCUT2D eigenvalue weighted by molar-refractivity contribution is 0.354. The first-order valence-corrected chi connectivity index (χ1v) is 9.31. The molecule has 0 saturated carbocycles. The fourth-order valence-electron chi connectivity index (χ4n) is 2.80. The summed E-state index contributed by atoms with van der Waals surface area (Å²) < 4.78 is 16.5. The Morgan fingerprint density at radius 1 is 0.893 bits per heavy atom. The highest BCUT2D eigenvalue weighted by Gasteiger charge is 2.08. The molecule has 150 valence electrons. The number of benzene rings is 2. The van der Waals surface area contributed by atoms with Crippen LogP contribution >= 0.6 is 35.6 Å². The van der Waals surface area contributed by atoms with Crippen LogP contribution in [0, 0.1) is 0 Å². The highest BCUT2D eigenvalue weighted by molar-refractivity contribution is 6.35. The van der Waals surface area contributed by atoms with Gasteiger partial charge in [0.25, 0.3) is 0 Å². The van der Waals surface area contributed by atoms with Gasteiger partial charge in [0.15, 0.2) is 11.5 Å². The quantitative estimate of drug-likeness (QED) is 0.433. The molecule has 1 aromatic heterocycles. The largest absolute Gasteiger partial charge is 0.493 e. The maximum atomic E-state index is 6.05. The lowest BCUT2D eigenvalue weighted by Gasteiger charge is -2.09. The summed E-state index contributed by atoms with van der Waals surface area (Å²) in [4.78, 5) is 0. The molecule has 0 radical (unpaired) electrons. The summed E-state index contributed by atoms with van der Waals surface area (Å²) in [7, 11) is 3.27. The van der Waals surface area contributed by atoms with E-state index in [0.29, 0.717) is 16.6 Å². The Labute approximate surface area is 181 Å². The van der Waals surface area contributed by atoms with E-state index in [1.165, 1.54) is 5.56 Å². The molecule has 1 N–H and O–H groups in total. The molecule has 0 aliphatic rings. The van der Waals surface area contributed by atoms with Crippen LogP contribution in [0.1, 0.15) is 11.3 Å². The summed E-state index contributed by atoms with van der Waals surface area (Å²) in [6.07, 6.45) is 0.873. The van der Waals surface area contributed by atoms with Crippen molar-refractivity contribution in [3.8, 4) is 22.8 Å². The van der Waals surface area contributed by atoms with E-state index in [1.807, 2.05) is 42.5 Å². The predicted molar refractivity (Wildman–Crippen MR) is 116 cm³/mol. The van der Waals surface area contributed by atoms with Gasteiger partial charge in [-0.15, -0.1) is 12.4 Å². The molecule has 0 aliphatic carbocycles. The van der Waals surface area contributed by atoms with Gasteiger partial charge in [0.1, 0.15) is 11.5 Å². The lowest BCUT2D eigenvalue weighted by atomic mass is 10.1. The molecule has 3 aromatic rings. The van der Waals surface area contributed by atoms with Gasteiger partial charge in [0.2, 0.25) is 0 Å². The summed E-state index contributed by atoms with van der Waals surface area (Å²) in [6.45, 7) is 1.45. The van der Waals surface area contributed by atoms with Crippen LogP contribution in [0.5, 0.6) is 11.5 Å². The Bertz CT molecular complexity index is 891. The van der Waals surface area contributed by atoms with E-state index in [4.69, 9.17) is 37.1 Å². The van der Waals surface area contributed by atoms with Gasteiger partial charge < -0.3 is 19.2 Å². The Hall–Kier alpha value is -1.85. The molecule has 0 bridgehead atoms. The van der Waals surface area contributed by atoms with Crippen molar-refractivity contribution < 1.29 is 13.9 Å².